The predicted molar refractivity (Wildman–Crippen MR) is 66.8 cm³/mol. The van der Waals surface area contributed by atoms with Crippen molar-refractivity contribution in [1.82, 2.24) is 0 Å². The molecule has 2 aromatic rings. The monoisotopic (exact) mass is 211 g/mol. The highest BCUT2D eigenvalue weighted by Crippen LogP contribution is 2.22. The van der Waals surface area contributed by atoms with Crippen molar-refractivity contribution in [3.63, 3.8) is 0 Å². The Morgan fingerprint density at radius 3 is 1.81 bits per heavy atom. The molecule has 0 spiro atoms. The maximum atomic E-state index is 9.19. The topological polar surface area (TPSA) is 46.2 Å². The van der Waals surface area contributed by atoms with Crippen molar-refractivity contribution in [2.45, 2.75) is 0 Å². The summed E-state index contributed by atoms with van der Waals surface area (Å²) in [5, 5.41) is 9.19. The highest BCUT2D eigenvalue weighted by Gasteiger charge is 1.97. The molecular weight excluding hydrogens is 198 g/mol. The summed E-state index contributed by atoms with van der Waals surface area (Å²) >= 11 is 0. The van der Waals surface area contributed by atoms with Gasteiger partial charge in [-0.1, -0.05) is 36.4 Å². The molecule has 0 bridgehead atoms. The molecule has 0 aliphatic carbocycles. The molecule has 0 aliphatic rings. The lowest BCUT2D eigenvalue weighted by atomic mass is 10.0. The number of benzene rings is 2. The maximum Gasteiger partial charge on any atom is 0.115 e. The van der Waals surface area contributed by atoms with Crippen molar-refractivity contribution < 1.29 is 5.11 Å². The third kappa shape index (κ3) is 2.23. The molecule has 0 atom stereocenters. The van der Waals surface area contributed by atoms with E-state index in [1.165, 1.54) is 6.20 Å². The summed E-state index contributed by atoms with van der Waals surface area (Å²) in [5.41, 5.74) is 8.60. The first-order chi connectivity index (χ1) is 7.79. The van der Waals surface area contributed by atoms with Crippen molar-refractivity contribution in [3.8, 4) is 16.9 Å². The largest absolute Gasteiger partial charge is 0.508 e. The molecule has 0 fully saturated rings. The van der Waals surface area contributed by atoms with E-state index in [-0.39, 0.29) is 5.75 Å². The van der Waals surface area contributed by atoms with Crippen molar-refractivity contribution in [2.24, 2.45) is 5.73 Å². The summed E-state index contributed by atoms with van der Waals surface area (Å²) in [4.78, 5) is 0. The second kappa shape index (κ2) is 4.53. The van der Waals surface area contributed by atoms with Crippen LogP contribution in [0.3, 0.4) is 0 Å². The molecule has 0 heterocycles. The average Bonchev–Trinajstić information content (AvgIpc) is 2.32. The predicted octanol–water partition coefficient (Wildman–Crippen LogP) is 2.99. The smallest absolute Gasteiger partial charge is 0.115 e. The summed E-state index contributed by atoms with van der Waals surface area (Å²) in [6.07, 6.45) is 3.37. The Morgan fingerprint density at radius 2 is 1.31 bits per heavy atom. The minimum absolute atomic E-state index is 0.284. The standard InChI is InChI=1S/C14H13NO/c15-10-9-11-1-3-12(4-2-11)13-5-7-14(16)8-6-13/h1-10,16H,15H2/b10-9+. The van der Waals surface area contributed by atoms with E-state index in [4.69, 9.17) is 5.73 Å². The number of hydrogen-bond donors (Lipinski definition) is 2. The molecule has 0 radical (unpaired) electrons. The second-order valence-corrected chi connectivity index (χ2v) is 3.53. The number of phenols is 1. The van der Waals surface area contributed by atoms with Gasteiger partial charge in [0.05, 0.1) is 0 Å². The van der Waals surface area contributed by atoms with Crippen LogP contribution in [0.1, 0.15) is 5.56 Å². The Balaban J connectivity index is 2.31. The van der Waals surface area contributed by atoms with Gasteiger partial charge in [0.15, 0.2) is 0 Å². The van der Waals surface area contributed by atoms with E-state index in [2.05, 4.69) is 0 Å². The van der Waals surface area contributed by atoms with Crippen molar-refractivity contribution >= 4 is 6.08 Å². The van der Waals surface area contributed by atoms with Gasteiger partial charge in [0.2, 0.25) is 0 Å². The van der Waals surface area contributed by atoms with Crippen LogP contribution in [0.5, 0.6) is 5.75 Å². The molecule has 3 N–H and O–H groups in total. The SMILES string of the molecule is N/C=C/c1ccc(-c2ccc(O)cc2)cc1. The molecule has 2 heteroatoms. The molecule has 16 heavy (non-hydrogen) atoms. The van der Waals surface area contributed by atoms with E-state index >= 15 is 0 Å². The highest BCUT2D eigenvalue weighted by atomic mass is 16.3. The molecule has 2 nitrogen and oxygen atoms in total. The molecule has 2 rings (SSSR count). The number of nitrogens with two attached hydrogens (primary N) is 1. The van der Waals surface area contributed by atoms with Crippen LogP contribution in [-0.2, 0) is 0 Å². The minimum atomic E-state index is 0.284. The first-order valence-corrected chi connectivity index (χ1v) is 5.07. The van der Waals surface area contributed by atoms with Gasteiger partial charge in [-0.2, -0.15) is 0 Å². The van der Waals surface area contributed by atoms with Crippen LogP contribution in [0.4, 0.5) is 0 Å². The first kappa shape index (κ1) is 10.3. The molecule has 0 aromatic heterocycles. The van der Waals surface area contributed by atoms with Gasteiger partial charge in [-0.15, -0.1) is 0 Å². The van der Waals surface area contributed by atoms with Crippen LogP contribution >= 0.6 is 0 Å². The summed E-state index contributed by atoms with van der Waals surface area (Å²) in [7, 11) is 0. The fraction of sp³-hybridized carbons (Fsp3) is 0. The van der Waals surface area contributed by atoms with Gasteiger partial charge in [-0.05, 0) is 41.1 Å². The number of aromatic hydroxyl groups is 1. The zero-order chi connectivity index (χ0) is 11.4. The van der Waals surface area contributed by atoms with E-state index in [9.17, 15) is 5.11 Å². The lowest BCUT2D eigenvalue weighted by Crippen LogP contribution is -1.80. The molecule has 0 saturated heterocycles. The fourth-order valence-corrected chi connectivity index (χ4v) is 1.55. The molecular formula is C14H13NO. The van der Waals surface area contributed by atoms with Gasteiger partial charge < -0.3 is 10.8 Å². The second-order valence-electron chi connectivity index (χ2n) is 3.53. The first-order valence-electron chi connectivity index (χ1n) is 5.07. The highest BCUT2D eigenvalue weighted by molar-refractivity contribution is 5.66. The van der Waals surface area contributed by atoms with E-state index in [0.717, 1.165) is 16.7 Å². The summed E-state index contributed by atoms with van der Waals surface area (Å²) in [6, 6.07) is 15.2. The number of rotatable bonds is 2. The van der Waals surface area contributed by atoms with E-state index in [0.29, 0.717) is 0 Å². The van der Waals surface area contributed by atoms with Crippen LogP contribution < -0.4 is 5.73 Å². The molecule has 2 aromatic carbocycles. The molecule has 0 saturated carbocycles. The fourth-order valence-electron chi connectivity index (χ4n) is 1.55. The van der Waals surface area contributed by atoms with E-state index in [1.54, 1.807) is 12.1 Å². The van der Waals surface area contributed by atoms with Crippen molar-refractivity contribution in [3.05, 3.63) is 60.3 Å². The van der Waals surface area contributed by atoms with Crippen LogP contribution in [0, 0.1) is 0 Å². The van der Waals surface area contributed by atoms with Gasteiger partial charge in [0, 0.05) is 0 Å². The quantitative estimate of drug-likeness (QED) is 0.802. The molecule has 0 unspecified atom stereocenters. The van der Waals surface area contributed by atoms with Crippen LogP contribution in [0.25, 0.3) is 17.2 Å². The van der Waals surface area contributed by atoms with E-state index < -0.39 is 0 Å². The van der Waals surface area contributed by atoms with Gasteiger partial charge in [-0.25, -0.2) is 0 Å². The molecule has 80 valence electrons. The van der Waals surface area contributed by atoms with Crippen LogP contribution in [0.2, 0.25) is 0 Å². The zero-order valence-electron chi connectivity index (χ0n) is 8.80. The number of hydrogen-bond acceptors (Lipinski definition) is 2. The average molecular weight is 211 g/mol. The lowest BCUT2D eigenvalue weighted by molar-refractivity contribution is 0.475. The number of phenolic OH excluding ortho intramolecular Hbond substituents is 1. The van der Waals surface area contributed by atoms with Crippen molar-refractivity contribution in [2.75, 3.05) is 0 Å². The van der Waals surface area contributed by atoms with Gasteiger partial charge in [-0.3, -0.25) is 0 Å². The minimum Gasteiger partial charge on any atom is -0.508 e. The van der Waals surface area contributed by atoms with Gasteiger partial charge in [0.25, 0.3) is 0 Å². The Bertz CT molecular complexity index is 483. The Morgan fingerprint density at radius 1 is 0.812 bits per heavy atom. The zero-order valence-corrected chi connectivity index (χ0v) is 8.80. The lowest BCUT2D eigenvalue weighted by Gasteiger charge is -2.02. The van der Waals surface area contributed by atoms with Gasteiger partial charge >= 0.3 is 0 Å². The normalized spacial score (nSPS) is 10.8. The molecule has 0 aliphatic heterocycles. The van der Waals surface area contributed by atoms with E-state index in [1.807, 2.05) is 42.5 Å². The Kier molecular flexibility index (Phi) is 2.92. The Hall–Kier alpha value is -2.22. The third-order valence-corrected chi connectivity index (χ3v) is 2.40. The van der Waals surface area contributed by atoms with Crippen LogP contribution in [0.15, 0.2) is 54.7 Å². The van der Waals surface area contributed by atoms with Crippen molar-refractivity contribution in [1.29, 1.82) is 0 Å². The summed E-state index contributed by atoms with van der Waals surface area (Å²) < 4.78 is 0. The molecule has 0 amide bonds. The Labute approximate surface area is 94.7 Å². The summed E-state index contributed by atoms with van der Waals surface area (Å²) in [5.74, 6) is 0.284. The van der Waals surface area contributed by atoms with Gasteiger partial charge in [0.1, 0.15) is 5.75 Å². The van der Waals surface area contributed by atoms with Crippen LogP contribution in [-0.4, -0.2) is 5.11 Å². The maximum absolute atomic E-state index is 9.19. The third-order valence-electron chi connectivity index (χ3n) is 2.40. The summed E-state index contributed by atoms with van der Waals surface area (Å²) in [6.45, 7) is 0.